The number of thiophene rings is 1. The number of hydrogen-bond donors (Lipinski definition) is 1. The molecule has 0 aliphatic heterocycles. The predicted octanol–water partition coefficient (Wildman–Crippen LogP) is 2.69. The fourth-order valence-corrected chi connectivity index (χ4v) is 2.66. The van der Waals surface area contributed by atoms with E-state index in [1.807, 2.05) is 0 Å². The van der Waals surface area contributed by atoms with Gasteiger partial charge in [0.05, 0.1) is 0 Å². The zero-order valence-corrected chi connectivity index (χ0v) is 12.2. The smallest absolute Gasteiger partial charge is 0.256 e. The van der Waals surface area contributed by atoms with E-state index in [-0.39, 0.29) is 5.28 Å². The van der Waals surface area contributed by atoms with E-state index in [0.29, 0.717) is 18.4 Å². The Kier molecular flexibility index (Phi) is 3.62. The van der Waals surface area contributed by atoms with Crippen LogP contribution in [0.15, 0.2) is 29.2 Å². The molecule has 3 heterocycles. The van der Waals surface area contributed by atoms with Gasteiger partial charge in [0.15, 0.2) is 0 Å². The average molecular weight is 307 g/mol. The maximum Gasteiger partial charge on any atom is 0.256 e. The number of nitrogens with zero attached hydrogens (tertiary/aromatic N) is 5. The van der Waals surface area contributed by atoms with Crippen molar-refractivity contribution in [2.75, 3.05) is 5.32 Å². The number of rotatable bonds is 4. The Labute approximate surface area is 124 Å². The van der Waals surface area contributed by atoms with Gasteiger partial charge in [-0.05, 0) is 46.5 Å². The first-order valence-corrected chi connectivity index (χ1v) is 7.21. The van der Waals surface area contributed by atoms with E-state index < -0.39 is 0 Å². The van der Waals surface area contributed by atoms with Crippen LogP contribution < -0.4 is 5.32 Å². The molecule has 102 valence electrons. The molecule has 0 radical (unpaired) electrons. The van der Waals surface area contributed by atoms with E-state index in [1.54, 1.807) is 29.8 Å². The first kappa shape index (κ1) is 13.0. The van der Waals surface area contributed by atoms with Gasteiger partial charge in [-0.1, -0.05) is 0 Å². The van der Waals surface area contributed by atoms with Gasteiger partial charge in [-0.25, -0.2) is 4.68 Å². The SMILES string of the molecule is Cc1cscc1CNc1nc(Cl)nc(-n2cccn2)n1. The fourth-order valence-electron chi connectivity index (χ4n) is 1.65. The lowest BCUT2D eigenvalue weighted by Crippen LogP contribution is -2.09. The minimum Gasteiger partial charge on any atom is -0.350 e. The van der Waals surface area contributed by atoms with Gasteiger partial charge < -0.3 is 5.32 Å². The maximum atomic E-state index is 5.92. The summed E-state index contributed by atoms with van der Waals surface area (Å²) in [7, 11) is 0. The molecule has 0 spiro atoms. The highest BCUT2D eigenvalue weighted by Gasteiger charge is 2.07. The first-order valence-electron chi connectivity index (χ1n) is 5.89. The highest BCUT2D eigenvalue weighted by molar-refractivity contribution is 7.08. The number of halogens is 1. The Morgan fingerprint density at radius 1 is 1.30 bits per heavy atom. The molecule has 6 nitrogen and oxygen atoms in total. The van der Waals surface area contributed by atoms with Crippen molar-refractivity contribution in [3.05, 3.63) is 45.6 Å². The van der Waals surface area contributed by atoms with Gasteiger partial charge in [0, 0.05) is 18.9 Å². The summed E-state index contributed by atoms with van der Waals surface area (Å²) in [4.78, 5) is 12.4. The summed E-state index contributed by atoms with van der Waals surface area (Å²) in [5.41, 5.74) is 2.46. The second-order valence-corrected chi connectivity index (χ2v) is 5.19. The predicted molar refractivity (Wildman–Crippen MR) is 78.3 cm³/mol. The van der Waals surface area contributed by atoms with Gasteiger partial charge in [-0.2, -0.15) is 31.4 Å². The molecule has 0 atom stereocenters. The van der Waals surface area contributed by atoms with Gasteiger partial charge >= 0.3 is 0 Å². The number of aromatic nitrogens is 5. The van der Waals surface area contributed by atoms with Crippen LogP contribution in [0.2, 0.25) is 5.28 Å². The van der Waals surface area contributed by atoms with E-state index in [1.165, 1.54) is 15.8 Å². The largest absolute Gasteiger partial charge is 0.350 e. The zero-order valence-electron chi connectivity index (χ0n) is 10.6. The average Bonchev–Trinajstić information content (AvgIpc) is 3.07. The molecule has 0 aromatic carbocycles. The Bertz CT molecular complexity index is 709. The normalized spacial score (nSPS) is 10.7. The molecule has 0 amide bonds. The summed E-state index contributed by atoms with van der Waals surface area (Å²) in [6, 6.07) is 1.79. The van der Waals surface area contributed by atoms with Crippen molar-refractivity contribution in [1.29, 1.82) is 0 Å². The third-order valence-electron chi connectivity index (χ3n) is 2.70. The van der Waals surface area contributed by atoms with Crippen LogP contribution in [0.3, 0.4) is 0 Å². The molecule has 3 rings (SSSR count). The summed E-state index contributed by atoms with van der Waals surface area (Å²) in [6.07, 6.45) is 3.40. The molecule has 1 N–H and O–H groups in total. The summed E-state index contributed by atoms with van der Waals surface area (Å²) in [5, 5.41) is 11.6. The summed E-state index contributed by atoms with van der Waals surface area (Å²) in [6.45, 7) is 2.72. The minimum absolute atomic E-state index is 0.134. The van der Waals surface area contributed by atoms with E-state index in [0.717, 1.165) is 0 Å². The van der Waals surface area contributed by atoms with Crippen LogP contribution >= 0.6 is 22.9 Å². The highest BCUT2D eigenvalue weighted by Crippen LogP contribution is 2.15. The fraction of sp³-hybridized carbons (Fsp3) is 0.167. The highest BCUT2D eigenvalue weighted by atomic mass is 35.5. The second-order valence-electron chi connectivity index (χ2n) is 4.11. The monoisotopic (exact) mass is 306 g/mol. The third kappa shape index (κ3) is 2.78. The van der Waals surface area contributed by atoms with Gasteiger partial charge in [-0.3, -0.25) is 0 Å². The van der Waals surface area contributed by atoms with Gasteiger partial charge in [0.25, 0.3) is 5.95 Å². The van der Waals surface area contributed by atoms with Crippen LogP contribution in [0.4, 0.5) is 5.95 Å². The summed E-state index contributed by atoms with van der Waals surface area (Å²) in [5.74, 6) is 0.820. The van der Waals surface area contributed by atoms with Crippen molar-refractivity contribution >= 4 is 28.9 Å². The van der Waals surface area contributed by atoms with Crippen LogP contribution in [0.25, 0.3) is 5.95 Å². The quantitative estimate of drug-likeness (QED) is 0.802. The summed E-state index contributed by atoms with van der Waals surface area (Å²) < 4.78 is 1.54. The number of nitrogens with one attached hydrogen (secondary N) is 1. The van der Waals surface area contributed by atoms with Crippen molar-refractivity contribution < 1.29 is 0 Å². The Morgan fingerprint density at radius 3 is 2.90 bits per heavy atom. The molecular weight excluding hydrogens is 296 g/mol. The molecule has 8 heteroatoms. The van der Waals surface area contributed by atoms with Crippen LogP contribution in [0, 0.1) is 6.92 Å². The Balaban J connectivity index is 1.81. The van der Waals surface area contributed by atoms with Crippen LogP contribution in [-0.2, 0) is 6.54 Å². The van der Waals surface area contributed by atoms with Gasteiger partial charge in [-0.15, -0.1) is 0 Å². The van der Waals surface area contributed by atoms with Gasteiger partial charge in [0.1, 0.15) is 0 Å². The number of aryl methyl sites for hydroxylation is 1. The Hall–Kier alpha value is -1.99. The molecule has 3 aromatic rings. The van der Waals surface area contributed by atoms with Crippen molar-refractivity contribution in [2.45, 2.75) is 13.5 Å². The molecule has 0 aliphatic rings. The number of hydrogen-bond acceptors (Lipinski definition) is 6. The molecule has 0 fully saturated rings. The lowest BCUT2D eigenvalue weighted by Gasteiger charge is -2.06. The molecule has 0 saturated carbocycles. The molecule has 20 heavy (non-hydrogen) atoms. The number of anilines is 1. The summed E-state index contributed by atoms with van der Waals surface area (Å²) >= 11 is 7.59. The van der Waals surface area contributed by atoms with Crippen LogP contribution in [0.5, 0.6) is 0 Å². The van der Waals surface area contributed by atoms with E-state index >= 15 is 0 Å². The minimum atomic E-state index is 0.134. The van der Waals surface area contributed by atoms with E-state index in [9.17, 15) is 0 Å². The van der Waals surface area contributed by atoms with Crippen LogP contribution in [-0.4, -0.2) is 24.7 Å². The van der Waals surface area contributed by atoms with Crippen molar-refractivity contribution in [2.24, 2.45) is 0 Å². The molecule has 0 aliphatic carbocycles. The van der Waals surface area contributed by atoms with E-state index in [4.69, 9.17) is 11.6 Å². The standard InChI is InChI=1S/C12H11ClN6S/c1-8-6-20-7-9(8)5-14-11-16-10(13)17-12(18-11)19-4-2-3-15-19/h2-4,6-7H,5H2,1H3,(H,14,16,17,18). The second kappa shape index (κ2) is 5.56. The maximum absolute atomic E-state index is 5.92. The third-order valence-corrected chi connectivity index (χ3v) is 3.78. The first-order chi connectivity index (χ1) is 9.72. The topological polar surface area (TPSA) is 68.5 Å². The zero-order chi connectivity index (χ0) is 13.9. The molecule has 0 unspecified atom stereocenters. The molecule has 0 bridgehead atoms. The van der Waals surface area contributed by atoms with Crippen molar-refractivity contribution in [3.63, 3.8) is 0 Å². The van der Waals surface area contributed by atoms with Crippen molar-refractivity contribution in [1.82, 2.24) is 24.7 Å². The molecule has 0 saturated heterocycles. The van der Waals surface area contributed by atoms with Gasteiger partial charge in [0.2, 0.25) is 11.2 Å². The lowest BCUT2D eigenvalue weighted by molar-refractivity contribution is 0.794. The lowest BCUT2D eigenvalue weighted by atomic mass is 10.2. The van der Waals surface area contributed by atoms with Crippen molar-refractivity contribution in [3.8, 4) is 5.95 Å². The van der Waals surface area contributed by atoms with Crippen LogP contribution in [0.1, 0.15) is 11.1 Å². The Morgan fingerprint density at radius 2 is 2.20 bits per heavy atom. The van der Waals surface area contributed by atoms with E-state index in [2.05, 4.69) is 43.1 Å². The molecular formula is C12H11ClN6S. The molecule has 3 aromatic heterocycles.